The molecule has 2 rings (SSSR count). The third kappa shape index (κ3) is 3.35. The Morgan fingerprint density at radius 2 is 1.95 bits per heavy atom. The zero-order chi connectivity index (χ0) is 13.7. The Morgan fingerprint density at radius 1 is 1.16 bits per heavy atom. The molecule has 0 bridgehead atoms. The number of hydrogen-bond acceptors (Lipinski definition) is 2. The van der Waals surface area contributed by atoms with Crippen LogP contribution in [0.1, 0.15) is 24.1 Å². The highest BCUT2D eigenvalue weighted by Crippen LogP contribution is 2.21. The van der Waals surface area contributed by atoms with E-state index < -0.39 is 0 Å². The second kappa shape index (κ2) is 6.38. The third-order valence-corrected chi connectivity index (χ3v) is 3.01. The van der Waals surface area contributed by atoms with Gasteiger partial charge in [-0.05, 0) is 30.7 Å². The number of rotatable bonds is 5. The van der Waals surface area contributed by atoms with E-state index in [0.29, 0.717) is 24.1 Å². The van der Waals surface area contributed by atoms with E-state index in [9.17, 15) is 8.78 Å². The highest BCUT2D eigenvalue weighted by atomic mass is 19.1. The first-order chi connectivity index (χ1) is 9.22. The number of nitrogens with one attached hydrogen (secondary N) is 1. The van der Waals surface area contributed by atoms with Crippen LogP contribution in [0.5, 0.6) is 0 Å². The monoisotopic (exact) mass is 262 g/mol. The molecular formula is C15H16F2N2. The van der Waals surface area contributed by atoms with Crippen LogP contribution in [0.15, 0.2) is 42.7 Å². The quantitative estimate of drug-likeness (QED) is 0.894. The van der Waals surface area contributed by atoms with Crippen molar-refractivity contribution in [1.82, 2.24) is 10.3 Å². The number of nitrogens with zero attached hydrogens (tertiary/aromatic N) is 1. The van der Waals surface area contributed by atoms with Crippen LogP contribution >= 0.6 is 0 Å². The largest absolute Gasteiger partial charge is 0.310 e. The van der Waals surface area contributed by atoms with Crippen LogP contribution in [-0.2, 0) is 6.42 Å². The van der Waals surface area contributed by atoms with Gasteiger partial charge in [-0.25, -0.2) is 8.78 Å². The Kier molecular flexibility index (Phi) is 4.58. The minimum atomic E-state index is -0.371. The van der Waals surface area contributed by atoms with E-state index in [1.165, 1.54) is 12.3 Å². The summed E-state index contributed by atoms with van der Waals surface area (Å²) in [4.78, 5) is 3.74. The molecule has 1 atom stereocenters. The first kappa shape index (κ1) is 13.6. The molecule has 1 aromatic carbocycles. The van der Waals surface area contributed by atoms with Crippen LogP contribution < -0.4 is 5.32 Å². The molecule has 1 N–H and O–H groups in total. The molecule has 0 saturated carbocycles. The number of aromatic nitrogens is 1. The van der Waals surface area contributed by atoms with Gasteiger partial charge in [0, 0.05) is 17.8 Å². The first-order valence-electron chi connectivity index (χ1n) is 6.28. The van der Waals surface area contributed by atoms with Gasteiger partial charge in [-0.1, -0.05) is 25.1 Å². The molecule has 0 amide bonds. The fraction of sp³-hybridized carbons (Fsp3) is 0.267. The SMILES string of the molecule is CCNC(Cc1ccccc1F)c1ccncc1F. The summed E-state index contributed by atoms with van der Waals surface area (Å²) >= 11 is 0. The van der Waals surface area contributed by atoms with Crippen molar-refractivity contribution < 1.29 is 8.78 Å². The lowest BCUT2D eigenvalue weighted by Gasteiger charge is -2.19. The van der Waals surface area contributed by atoms with Crippen molar-refractivity contribution >= 4 is 0 Å². The minimum absolute atomic E-state index is 0.259. The van der Waals surface area contributed by atoms with Crippen LogP contribution in [0.4, 0.5) is 8.78 Å². The number of benzene rings is 1. The fourth-order valence-corrected chi connectivity index (χ4v) is 2.09. The molecule has 1 heterocycles. The molecule has 0 aliphatic heterocycles. The Morgan fingerprint density at radius 3 is 2.63 bits per heavy atom. The van der Waals surface area contributed by atoms with Gasteiger partial charge in [-0.3, -0.25) is 4.98 Å². The third-order valence-electron chi connectivity index (χ3n) is 3.01. The Bertz CT molecular complexity index is 543. The number of likely N-dealkylation sites (N-methyl/N-ethyl adjacent to an activating group) is 1. The molecule has 2 aromatic rings. The van der Waals surface area contributed by atoms with Crippen molar-refractivity contribution in [1.29, 1.82) is 0 Å². The Hall–Kier alpha value is -1.81. The van der Waals surface area contributed by atoms with Gasteiger partial charge < -0.3 is 5.32 Å². The molecule has 0 spiro atoms. The first-order valence-corrected chi connectivity index (χ1v) is 6.28. The topological polar surface area (TPSA) is 24.9 Å². The van der Waals surface area contributed by atoms with Crippen molar-refractivity contribution in [3.8, 4) is 0 Å². The molecule has 0 radical (unpaired) electrons. The second-order valence-electron chi connectivity index (χ2n) is 4.30. The number of halogens is 2. The summed E-state index contributed by atoms with van der Waals surface area (Å²) in [6, 6.07) is 7.94. The van der Waals surface area contributed by atoms with Gasteiger partial charge in [0.2, 0.25) is 0 Å². The molecule has 2 nitrogen and oxygen atoms in total. The molecular weight excluding hydrogens is 246 g/mol. The molecule has 0 aliphatic rings. The Balaban J connectivity index is 2.27. The van der Waals surface area contributed by atoms with Gasteiger partial charge in [0.25, 0.3) is 0 Å². The van der Waals surface area contributed by atoms with E-state index in [-0.39, 0.29) is 17.7 Å². The summed E-state index contributed by atoms with van der Waals surface area (Å²) in [7, 11) is 0. The lowest BCUT2D eigenvalue weighted by atomic mass is 9.99. The standard InChI is InChI=1S/C15H16F2N2/c1-2-19-15(12-7-8-18-10-14(12)17)9-11-5-3-4-6-13(11)16/h3-8,10,15,19H,2,9H2,1H3. The van der Waals surface area contributed by atoms with Gasteiger partial charge in [0.1, 0.15) is 11.6 Å². The molecule has 1 aromatic heterocycles. The molecule has 0 fully saturated rings. The van der Waals surface area contributed by atoms with Crippen LogP contribution in [0.25, 0.3) is 0 Å². The zero-order valence-electron chi connectivity index (χ0n) is 10.7. The molecule has 0 aliphatic carbocycles. The summed E-state index contributed by atoms with van der Waals surface area (Å²) < 4.78 is 27.4. The van der Waals surface area contributed by atoms with Crippen molar-refractivity contribution in [2.45, 2.75) is 19.4 Å². The molecule has 19 heavy (non-hydrogen) atoms. The van der Waals surface area contributed by atoms with E-state index in [0.717, 1.165) is 0 Å². The van der Waals surface area contributed by atoms with E-state index >= 15 is 0 Å². The van der Waals surface area contributed by atoms with Gasteiger partial charge >= 0.3 is 0 Å². The average molecular weight is 262 g/mol. The average Bonchev–Trinajstić information content (AvgIpc) is 2.41. The minimum Gasteiger partial charge on any atom is -0.310 e. The fourth-order valence-electron chi connectivity index (χ4n) is 2.09. The molecule has 100 valence electrons. The Labute approximate surface area is 111 Å². The predicted molar refractivity (Wildman–Crippen MR) is 70.7 cm³/mol. The van der Waals surface area contributed by atoms with Gasteiger partial charge in [0.05, 0.1) is 6.20 Å². The summed E-state index contributed by atoms with van der Waals surface area (Å²) in [5.41, 5.74) is 1.09. The molecule has 4 heteroatoms. The van der Waals surface area contributed by atoms with Gasteiger partial charge in [-0.2, -0.15) is 0 Å². The normalized spacial score (nSPS) is 12.4. The lowest BCUT2D eigenvalue weighted by Crippen LogP contribution is -2.24. The van der Waals surface area contributed by atoms with Crippen LogP contribution in [0.3, 0.4) is 0 Å². The highest BCUT2D eigenvalue weighted by molar-refractivity contribution is 5.24. The van der Waals surface area contributed by atoms with Crippen LogP contribution in [-0.4, -0.2) is 11.5 Å². The van der Waals surface area contributed by atoms with Gasteiger partial charge in [0.15, 0.2) is 0 Å². The number of pyridine rings is 1. The summed E-state index contributed by atoms with van der Waals surface area (Å²) in [6.45, 7) is 2.62. The van der Waals surface area contributed by atoms with Gasteiger partial charge in [-0.15, -0.1) is 0 Å². The van der Waals surface area contributed by atoms with Crippen LogP contribution in [0.2, 0.25) is 0 Å². The highest BCUT2D eigenvalue weighted by Gasteiger charge is 2.16. The maximum Gasteiger partial charge on any atom is 0.146 e. The van der Waals surface area contributed by atoms with Crippen molar-refractivity contribution in [2.75, 3.05) is 6.54 Å². The van der Waals surface area contributed by atoms with Crippen molar-refractivity contribution in [2.24, 2.45) is 0 Å². The summed E-state index contributed by atoms with van der Waals surface area (Å²) in [6.07, 6.45) is 3.13. The number of hydrogen-bond donors (Lipinski definition) is 1. The zero-order valence-corrected chi connectivity index (χ0v) is 10.7. The smallest absolute Gasteiger partial charge is 0.146 e. The maximum absolute atomic E-state index is 13.8. The van der Waals surface area contributed by atoms with E-state index in [2.05, 4.69) is 10.3 Å². The van der Waals surface area contributed by atoms with E-state index in [1.807, 2.05) is 6.92 Å². The summed E-state index contributed by atoms with van der Waals surface area (Å²) in [5, 5.41) is 3.18. The van der Waals surface area contributed by atoms with Crippen molar-refractivity contribution in [3.63, 3.8) is 0 Å². The van der Waals surface area contributed by atoms with Crippen molar-refractivity contribution in [3.05, 3.63) is 65.5 Å². The second-order valence-corrected chi connectivity index (χ2v) is 4.30. The molecule has 1 unspecified atom stereocenters. The van der Waals surface area contributed by atoms with Crippen LogP contribution in [0, 0.1) is 11.6 Å². The maximum atomic E-state index is 13.8. The predicted octanol–water partition coefficient (Wildman–Crippen LogP) is 3.25. The van der Waals surface area contributed by atoms with E-state index in [1.54, 1.807) is 30.5 Å². The van der Waals surface area contributed by atoms with E-state index in [4.69, 9.17) is 0 Å². The lowest BCUT2D eigenvalue weighted by molar-refractivity contribution is 0.496. The summed E-state index contributed by atoms with van der Waals surface area (Å²) in [5.74, 6) is -0.635. The molecule has 0 saturated heterocycles.